The average Bonchev–Trinajstić information content (AvgIpc) is 3.62. The summed E-state index contributed by atoms with van der Waals surface area (Å²) in [5, 5.41) is 10.1. The summed E-state index contributed by atoms with van der Waals surface area (Å²) in [4.78, 5) is 41.9. The van der Waals surface area contributed by atoms with E-state index in [0.29, 0.717) is 49.3 Å². The Morgan fingerprint density at radius 3 is 1.69 bits per heavy atom. The first kappa shape index (κ1) is 41.2. The highest BCUT2D eigenvalue weighted by atomic mass is 32.2. The molecule has 296 valence electrons. The number of thioether (sulfide) groups is 2. The second-order valence-electron chi connectivity index (χ2n) is 17.2. The Balaban J connectivity index is 1.17. The van der Waals surface area contributed by atoms with Crippen LogP contribution in [-0.2, 0) is 23.9 Å². The number of methoxy groups -OCH3 is 1. The van der Waals surface area contributed by atoms with E-state index in [-0.39, 0.29) is 42.1 Å². The van der Waals surface area contributed by atoms with Gasteiger partial charge in [-0.15, -0.1) is 0 Å². The number of benzene rings is 1. The number of hydrogen-bond acceptors (Lipinski definition) is 10. The number of ether oxygens (including phenoxy) is 4. The molecule has 0 amide bonds. The molecule has 0 spiro atoms. The summed E-state index contributed by atoms with van der Waals surface area (Å²) in [6.45, 7) is 8.57. The third kappa shape index (κ3) is 10.1. The summed E-state index contributed by atoms with van der Waals surface area (Å²) in [6.07, 6.45) is 18.4. The molecule has 1 atom stereocenters. The molecule has 0 aromatic heterocycles. The van der Waals surface area contributed by atoms with E-state index >= 15 is 0 Å². The van der Waals surface area contributed by atoms with Gasteiger partial charge < -0.3 is 18.9 Å². The number of carbonyl (C=O) groups excluding carboxylic acids is 3. The van der Waals surface area contributed by atoms with Crippen molar-refractivity contribution in [3.8, 4) is 17.6 Å². The van der Waals surface area contributed by atoms with Crippen LogP contribution in [0.5, 0.6) is 11.5 Å². The molecule has 0 bridgehead atoms. The fraction of sp³-hybridized carbons (Fsp3) is 0.727. The zero-order chi connectivity index (χ0) is 38.4. The Kier molecular flexibility index (Phi) is 14.6. The molecule has 6 rings (SSSR count). The Labute approximate surface area is 331 Å². The summed E-state index contributed by atoms with van der Waals surface area (Å²) < 4.78 is 23.6. The fourth-order valence-corrected chi connectivity index (χ4v) is 12.3. The summed E-state index contributed by atoms with van der Waals surface area (Å²) >= 11 is 2.41. The van der Waals surface area contributed by atoms with Crippen molar-refractivity contribution in [1.82, 2.24) is 0 Å². The molecule has 54 heavy (non-hydrogen) atoms. The lowest BCUT2D eigenvalue weighted by atomic mass is 9.69. The van der Waals surface area contributed by atoms with E-state index in [2.05, 4.69) is 19.9 Å². The predicted octanol–water partition coefficient (Wildman–Crippen LogP) is 11.0. The van der Waals surface area contributed by atoms with Crippen LogP contribution < -0.4 is 9.47 Å². The van der Waals surface area contributed by atoms with Crippen molar-refractivity contribution in [2.45, 2.75) is 153 Å². The van der Waals surface area contributed by atoms with Crippen LogP contribution in [0.4, 0.5) is 0 Å². The molecule has 4 saturated carbocycles. The first-order valence-electron chi connectivity index (χ1n) is 20.8. The first-order valence-corrected chi connectivity index (χ1v) is 22.5. The van der Waals surface area contributed by atoms with E-state index in [0.717, 1.165) is 75.0 Å². The maximum absolute atomic E-state index is 13.8. The molecule has 1 unspecified atom stereocenters. The van der Waals surface area contributed by atoms with Crippen molar-refractivity contribution >= 4 is 41.4 Å². The quantitative estimate of drug-likeness (QED) is 0.0931. The molecule has 10 heteroatoms. The van der Waals surface area contributed by atoms with E-state index < -0.39 is 5.97 Å². The zero-order valence-corrected chi connectivity index (χ0v) is 34.8. The van der Waals surface area contributed by atoms with Gasteiger partial charge in [0.1, 0.15) is 17.6 Å². The van der Waals surface area contributed by atoms with Crippen molar-refractivity contribution < 1.29 is 33.3 Å². The van der Waals surface area contributed by atoms with E-state index in [4.69, 9.17) is 18.9 Å². The standard InChI is InChI=1S/C44H61NO7S2/c1-26-6-10-30(11-7-26)32-14-18-34(19-15-32)41(46)51-37-24-28(3)38(52-42(47)35-20-16-33(17-21-35)31-12-8-27(2)9-13-31)40-39(37)53-44(54-40)36(25-45)43(48)50-23-22-29(4)49-5/h24,26-27,29-35H,6-23H2,1-5H3/b44-36-. The SMILES string of the molecule is COC(C)CCOC(=O)/C(C#N)=C1/Sc2c(OC(=O)C3CCC(C4CCC(C)CC4)CC3)cc(C)c(OC(=O)C3CCC(C4CCC(C)CC4)CC3)c2S1. The summed E-state index contributed by atoms with van der Waals surface area (Å²) in [6, 6.07) is 3.83. The van der Waals surface area contributed by atoms with Crippen LogP contribution >= 0.6 is 23.5 Å². The minimum absolute atomic E-state index is 0.0924. The number of aryl methyl sites for hydroxylation is 1. The maximum atomic E-state index is 13.8. The number of rotatable bonds is 11. The van der Waals surface area contributed by atoms with Gasteiger partial charge in [-0.2, -0.15) is 5.26 Å². The van der Waals surface area contributed by atoms with Crippen LogP contribution in [0.2, 0.25) is 0 Å². The molecule has 0 radical (unpaired) electrons. The molecule has 1 heterocycles. The average molecular weight is 780 g/mol. The molecule has 1 aromatic carbocycles. The van der Waals surface area contributed by atoms with E-state index in [1.54, 1.807) is 13.2 Å². The smallest absolute Gasteiger partial charge is 0.350 e. The highest BCUT2D eigenvalue weighted by Crippen LogP contribution is 2.60. The normalized spacial score (nSPS) is 31.4. The number of hydrogen-bond donors (Lipinski definition) is 0. The number of esters is 3. The first-order chi connectivity index (χ1) is 26.0. The molecular formula is C44H61NO7S2. The topological polar surface area (TPSA) is 112 Å². The molecule has 8 nitrogen and oxygen atoms in total. The highest BCUT2D eigenvalue weighted by molar-refractivity contribution is 8.24. The van der Waals surface area contributed by atoms with Gasteiger partial charge in [-0.1, -0.05) is 63.1 Å². The molecule has 1 aromatic rings. The minimum atomic E-state index is -0.717. The van der Waals surface area contributed by atoms with Gasteiger partial charge >= 0.3 is 17.9 Å². The molecular weight excluding hydrogens is 719 g/mol. The van der Waals surface area contributed by atoms with Gasteiger partial charge in [0.15, 0.2) is 5.57 Å². The fourth-order valence-electron chi connectivity index (χ4n) is 9.65. The van der Waals surface area contributed by atoms with E-state index in [9.17, 15) is 19.6 Å². The van der Waals surface area contributed by atoms with Crippen molar-refractivity contribution in [1.29, 1.82) is 5.26 Å². The lowest BCUT2D eigenvalue weighted by Gasteiger charge is -2.36. The van der Waals surface area contributed by atoms with Gasteiger partial charge in [0.2, 0.25) is 0 Å². The van der Waals surface area contributed by atoms with Gasteiger partial charge in [-0.05, 0) is 138 Å². The second kappa shape index (κ2) is 19.1. The van der Waals surface area contributed by atoms with Crippen LogP contribution in [0.3, 0.4) is 0 Å². The van der Waals surface area contributed by atoms with Gasteiger partial charge in [-0.25, -0.2) is 4.79 Å². The Morgan fingerprint density at radius 1 is 0.741 bits per heavy atom. The Morgan fingerprint density at radius 2 is 1.20 bits per heavy atom. The van der Waals surface area contributed by atoms with Crippen molar-refractivity contribution in [2.24, 2.45) is 47.3 Å². The van der Waals surface area contributed by atoms with Crippen molar-refractivity contribution in [3.63, 3.8) is 0 Å². The van der Waals surface area contributed by atoms with Gasteiger partial charge in [-0.3, -0.25) is 9.59 Å². The largest absolute Gasteiger partial charge is 0.461 e. The number of fused-ring (bicyclic) bond motifs is 1. The molecule has 4 aliphatic carbocycles. The zero-order valence-electron chi connectivity index (χ0n) is 33.1. The highest BCUT2D eigenvalue weighted by Gasteiger charge is 2.38. The van der Waals surface area contributed by atoms with Crippen LogP contribution in [0.15, 0.2) is 25.7 Å². The summed E-state index contributed by atoms with van der Waals surface area (Å²) in [5.74, 6) is 3.84. The molecule has 5 aliphatic rings. The maximum Gasteiger partial charge on any atom is 0.350 e. The number of nitriles is 1. The minimum Gasteiger partial charge on any atom is -0.461 e. The molecule has 4 fully saturated rings. The molecule has 1 aliphatic heterocycles. The van der Waals surface area contributed by atoms with Crippen LogP contribution in [-0.4, -0.2) is 37.7 Å². The Hall–Kier alpha value is -2.48. The van der Waals surface area contributed by atoms with Crippen molar-refractivity contribution in [3.05, 3.63) is 21.4 Å². The number of nitrogens with zero attached hydrogens (tertiary/aromatic N) is 1. The van der Waals surface area contributed by atoms with Crippen molar-refractivity contribution in [2.75, 3.05) is 13.7 Å². The lowest BCUT2D eigenvalue weighted by molar-refractivity contribution is -0.142. The van der Waals surface area contributed by atoms with Crippen LogP contribution in [0, 0.1) is 65.6 Å². The molecule has 0 saturated heterocycles. The third-order valence-corrected chi connectivity index (χ3v) is 16.1. The Bertz CT molecular complexity index is 1570. The lowest BCUT2D eigenvalue weighted by Crippen LogP contribution is -2.30. The van der Waals surface area contributed by atoms with Gasteiger partial charge in [0.05, 0.1) is 38.6 Å². The van der Waals surface area contributed by atoms with Gasteiger partial charge in [0.25, 0.3) is 0 Å². The van der Waals surface area contributed by atoms with Gasteiger partial charge in [0, 0.05) is 13.5 Å². The molecule has 0 N–H and O–H groups in total. The third-order valence-electron chi connectivity index (χ3n) is 13.5. The number of carbonyl (C=O) groups is 3. The second-order valence-corrected chi connectivity index (χ2v) is 19.5. The summed E-state index contributed by atoms with van der Waals surface area (Å²) in [5.41, 5.74) is 0.554. The predicted molar refractivity (Wildman–Crippen MR) is 212 cm³/mol. The summed E-state index contributed by atoms with van der Waals surface area (Å²) in [7, 11) is 1.60. The van der Waals surface area contributed by atoms with E-state index in [1.807, 2.05) is 13.8 Å². The van der Waals surface area contributed by atoms with E-state index in [1.165, 1.54) is 74.9 Å². The monoisotopic (exact) mass is 779 g/mol. The van der Waals surface area contributed by atoms with Crippen LogP contribution in [0.1, 0.15) is 135 Å². The van der Waals surface area contributed by atoms with Crippen LogP contribution in [0.25, 0.3) is 0 Å².